The van der Waals surface area contributed by atoms with E-state index in [1.165, 1.54) is 13.0 Å². The molecule has 12 heteroatoms. The molecule has 4 aliphatic carbocycles. The van der Waals surface area contributed by atoms with Gasteiger partial charge in [-0.15, -0.1) is 0 Å². The topological polar surface area (TPSA) is 207 Å². The van der Waals surface area contributed by atoms with Crippen molar-refractivity contribution in [3.05, 3.63) is 11.6 Å². The minimum atomic E-state index is -2.15. The van der Waals surface area contributed by atoms with Crippen LogP contribution in [0, 0.1) is 23.2 Å². The second-order valence-corrected chi connectivity index (χ2v) is 13.5. The van der Waals surface area contributed by atoms with Gasteiger partial charge in [0.05, 0.1) is 35.6 Å². The third-order valence-electron chi connectivity index (χ3n) is 11.6. The molecule has 6 aliphatic rings. The number of hydrogen-bond acceptors (Lipinski definition) is 12. The van der Waals surface area contributed by atoms with E-state index >= 15 is 0 Å². The summed E-state index contributed by atoms with van der Waals surface area (Å²) in [6.45, 7) is 3.57. The Morgan fingerprint density at radius 3 is 2.38 bits per heavy atom. The Labute approximate surface area is 232 Å². The number of carbonyl (C=O) groups excluding carboxylic acids is 1. The van der Waals surface area contributed by atoms with Crippen molar-refractivity contribution in [2.45, 2.75) is 125 Å². The zero-order valence-electron chi connectivity index (χ0n) is 22.8. The van der Waals surface area contributed by atoms with Crippen LogP contribution in [0.25, 0.3) is 0 Å². The van der Waals surface area contributed by atoms with Crippen molar-refractivity contribution in [1.29, 1.82) is 0 Å². The fourth-order valence-electron chi connectivity index (χ4n) is 9.54. The number of rotatable bonds is 3. The average Bonchev–Trinajstić information content (AvgIpc) is 3.42. The highest BCUT2D eigenvalue weighted by Crippen LogP contribution is 2.68. The Morgan fingerprint density at radius 1 is 0.975 bits per heavy atom. The van der Waals surface area contributed by atoms with Gasteiger partial charge in [-0.2, -0.15) is 0 Å². The maximum atomic E-state index is 12.3. The van der Waals surface area contributed by atoms with Crippen molar-refractivity contribution in [2.75, 3.05) is 6.61 Å². The third kappa shape index (κ3) is 3.78. The zero-order valence-corrected chi connectivity index (χ0v) is 22.8. The van der Waals surface area contributed by atoms with E-state index in [1.54, 1.807) is 0 Å². The molecule has 1 saturated heterocycles. The molecular formula is C28H42O12. The predicted molar refractivity (Wildman–Crippen MR) is 134 cm³/mol. The summed E-state index contributed by atoms with van der Waals surface area (Å²) in [4.78, 5) is 11.8. The van der Waals surface area contributed by atoms with Crippen LogP contribution in [0.5, 0.6) is 0 Å². The standard InChI is InChI=1S/C28H42O12/c1-12-21(32)22(33)23(34)24(39-12)40-14-8-18(30)28(37)20-16(3-5-26(28,35)9-14)27(36)6-4-15(13-7-19(31)38-11-13)25(27,2)10-17(20)29/h7,12,14-18,20-24,29-30,32-37H,3-6,8-11H2,1-2H3/t12-,14-,15+,16+,17+,18+,20+,21-,22+,23+,24-,25-,26+,27+,28+/m0/s1. The van der Waals surface area contributed by atoms with E-state index in [1.807, 2.05) is 6.92 Å². The van der Waals surface area contributed by atoms with Crippen molar-refractivity contribution in [3.8, 4) is 0 Å². The zero-order chi connectivity index (χ0) is 29.0. The van der Waals surface area contributed by atoms with Crippen LogP contribution in [-0.4, -0.2) is 119 Å². The van der Waals surface area contributed by atoms with Crippen LogP contribution in [0.3, 0.4) is 0 Å². The molecule has 0 amide bonds. The quantitative estimate of drug-likeness (QED) is 0.140. The summed E-state index contributed by atoms with van der Waals surface area (Å²) in [7, 11) is 0. The van der Waals surface area contributed by atoms with Gasteiger partial charge in [-0.05, 0) is 56.4 Å². The molecule has 5 fully saturated rings. The molecule has 0 aromatic heterocycles. The van der Waals surface area contributed by atoms with Crippen molar-refractivity contribution in [1.82, 2.24) is 0 Å². The van der Waals surface area contributed by atoms with Gasteiger partial charge in [-0.1, -0.05) is 6.92 Å². The number of carbonyl (C=O) groups is 1. The molecule has 6 rings (SSSR count). The first kappa shape index (κ1) is 28.9. The van der Waals surface area contributed by atoms with Gasteiger partial charge in [0.2, 0.25) is 0 Å². The lowest BCUT2D eigenvalue weighted by Crippen LogP contribution is -2.78. The molecule has 0 spiro atoms. The highest BCUT2D eigenvalue weighted by Gasteiger charge is 2.75. The van der Waals surface area contributed by atoms with Gasteiger partial charge in [0.25, 0.3) is 0 Å². The number of esters is 1. The van der Waals surface area contributed by atoms with Crippen LogP contribution >= 0.6 is 0 Å². The Morgan fingerprint density at radius 2 is 1.70 bits per heavy atom. The van der Waals surface area contributed by atoms with E-state index in [-0.39, 0.29) is 44.6 Å². The van der Waals surface area contributed by atoms with Crippen LogP contribution < -0.4 is 0 Å². The first-order valence-corrected chi connectivity index (χ1v) is 14.4. The Bertz CT molecular complexity index is 1070. The number of fused-ring (bicyclic) bond motifs is 5. The van der Waals surface area contributed by atoms with E-state index < -0.39 is 89.0 Å². The van der Waals surface area contributed by atoms with Gasteiger partial charge in [0, 0.05) is 30.3 Å². The van der Waals surface area contributed by atoms with Crippen LogP contribution in [0.4, 0.5) is 0 Å². The minimum absolute atomic E-state index is 0.0213. The Kier molecular flexibility index (Phi) is 6.80. The van der Waals surface area contributed by atoms with E-state index in [0.29, 0.717) is 12.8 Å². The summed E-state index contributed by atoms with van der Waals surface area (Å²) in [6, 6.07) is 0. The summed E-state index contributed by atoms with van der Waals surface area (Å²) in [5.74, 6) is -2.26. The fraction of sp³-hybridized carbons (Fsp3) is 0.893. The SMILES string of the molecule is C[C@@H]1O[C@@H](O[C@H]2C[C@@H](O)[C@@]3(O)[C@H]4[C@H](O)C[C@@]5(C)[C@@H](C6=CC(=O)OC6)CC[C@@]5(O)[C@@H]4CC[C@@]3(O)C2)[C@H](O)[C@H](O)[C@H]1O. The lowest BCUT2D eigenvalue weighted by molar-refractivity contribution is -0.353. The molecule has 40 heavy (non-hydrogen) atoms. The number of ether oxygens (including phenoxy) is 3. The molecule has 15 atom stereocenters. The van der Waals surface area contributed by atoms with Gasteiger partial charge >= 0.3 is 5.97 Å². The predicted octanol–water partition coefficient (Wildman–Crippen LogP) is -1.76. The summed E-state index contributed by atoms with van der Waals surface area (Å²) in [5, 5.41) is 89.8. The highest BCUT2D eigenvalue weighted by atomic mass is 16.7. The van der Waals surface area contributed by atoms with Gasteiger partial charge in [-0.3, -0.25) is 0 Å². The maximum Gasteiger partial charge on any atom is 0.331 e. The number of cyclic esters (lactones) is 1. The molecule has 0 unspecified atom stereocenters. The molecule has 0 aromatic rings. The molecular weight excluding hydrogens is 528 g/mol. The number of hydrogen-bond donors (Lipinski definition) is 8. The Balaban J connectivity index is 1.26. The molecule has 8 N–H and O–H groups in total. The molecule has 0 radical (unpaired) electrons. The number of aliphatic hydroxyl groups is 8. The van der Waals surface area contributed by atoms with Gasteiger partial charge in [0.15, 0.2) is 6.29 Å². The van der Waals surface area contributed by atoms with Gasteiger partial charge < -0.3 is 55.1 Å². The molecule has 4 saturated carbocycles. The summed E-state index contributed by atoms with van der Waals surface area (Å²) in [6.07, 6.45) is -7.57. The van der Waals surface area contributed by atoms with Crippen LogP contribution in [0.15, 0.2) is 11.6 Å². The van der Waals surface area contributed by atoms with E-state index in [2.05, 4.69) is 0 Å². The van der Waals surface area contributed by atoms with E-state index in [9.17, 15) is 45.6 Å². The third-order valence-corrected chi connectivity index (χ3v) is 11.6. The first-order valence-electron chi connectivity index (χ1n) is 14.4. The van der Waals surface area contributed by atoms with E-state index in [4.69, 9.17) is 14.2 Å². The average molecular weight is 571 g/mol. The van der Waals surface area contributed by atoms with Crippen molar-refractivity contribution in [3.63, 3.8) is 0 Å². The fourth-order valence-corrected chi connectivity index (χ4v) is 9.54. The van der Waals surface area contributed by atoms with Crippen LogP contribution in [-0.2, 0) is 19.0 Å². The molecule has 12 nitrogen and oxygen atoms in total. The lowest BCUT2D eigenvalue weighted by Gasteiger charge is -2.67. The monoisotopic (exact) mass is 570 g/mol. The maximum absolute atomic E-state index is 12.3. The van der Waals surface area contributed by atoms with Crippen molar-refractivity contribution in [2.24, 2.45) is 23.2 Å². The second-order valence-electron chi connectivity index (χ2n) is 13.5. The molecule has 2 heterocycles. The van der Waals surface area contributed by atoms with Crippen molar-refractivity contribution >= 4 is 5.97 Å². The summed E-state index contributed by atoms with van der Waals surface area (Å²) in [5.41, 5.74) is -5.36. The molecule has 0 bridgehead atoms. The van der Waals surface area contributed by atoms with E-state index in [0.717, 1.165) is 5.57 Å². The number of aliphatic hydroxyl groups excluding tert-OH is 5. The molecule has 2 aliphatic heterocycles. The molecule has 0 aromatic carbocycles. The highest BCUT2D eigenvalue weighted by molar-refractivity contribution is 5.85. The largest absolute Gasteiger partial charge is 0.458 e. The normalized spacial score (nSPS) is 58.0. The van der Waals surface area contributed by atoms with Gasteiger partial charge in [-0.25, -0.2) is 4.79 Å². The summed E-state index contributed by atoms with van der Waals surface area (Å²) < 4.78 is 16.5. The Hall–Kier alpha value is -1.19. The van der Waals surface area contributed by atoms with Crippen molar-refractivity contribution < 1.29 is 59.9 Å². The smallest absolute Gasteiger partial charge is 0.331 e. The van der Waals surface area contributed by atoms with Crippen LogP contribution in [0.1, 0.15) is 58.8 Å². The lowest BCUT2D eigenvalue weighted by atomic mass is 9.43. The first-order chi connectivity index (χ1) is 18.7. The van der Waals surface area contributed by atoms with Crippen LogP contribution in [0.2, 0.25) is 0 Å². The second kappa shape index (κ2) is 9.40. The molecule has 226 valence electrons. The van der Waals surface area contributed by atoms with Gasteiger partial charge in [0.1, 0.15) is 30.5 Å². The summed E-state index contributed by atoms with van der Waals surface area (Å²) >= 11 is 0. The minimum Gasteiger partial charge on any atom is -0.458 e.